The van der Waals surface area contributed by atoms with Crippen LogP contribution < -0.4 is 17.0 Å². The summed E-state index contributed by atoms with van der Waals surface area (Å²) in [6, 6.07) is 7.95. The Bertz CT molecular complexity index is 774. The fourth-order valence-corrected chi connectivity index (χ4v) is 5.96. The average molecular weight is 488 g/mol. The predicted molar refractivity (Wildman–Crippen MR) is 106 cm³/mol. The first-order valence-electron chi connectivity index (χ1n) is 9.26. The SMILES string of the molecule is C[C@H](C[C@@H]1[C@@H]2O[C@@H]2[C@@H](C)[N+]1(C)C)OC(=O)C(O)(c1cccs1)c1cccs1.[Br-]. The first-order chi connectivity index (χ1) is 12.8. The lowest BCUT2D eigenvalue weighted by Crippen LogP contribution is -3.00. The highest BCUT2D eigenvalue weighted by Gasteiger charge is 2.66. The number of esters is 1. The van der Waals surface area contributed by atoms with Gasteiger partial charge in [-0.1, -0.05) is 12.1 Å². The molecule has 2 aliphatic rings. The van der Waals surface area contributed by atoms with Gasteiger partial charge in [-0.3, -0.25) is 0 Å². The van der Waals surface area contributed by atoms with E-state index in [9.17, 15) is 9.90 Å². The lowest BCUT2D eigenvalue weighted by atomic mass is 9.99. The molecule has 28 heavy (non-hydrogen) atoms. The van der Waals surface area contributed by atoms with Gasteiger partial charge in [-0.15, -0.1) is 22.7 Å². The molecule has 2 aliphatic heterocycles. The maximum Gasteiger partial charge on any atom is 0.349 e. The number of halogens is 1. The van der Waals surface area contributed by atoms with E-state index in [0.29, 0.717) is 27.9 Å². The number of fused-ring (bicyclic) bond motifs is 1. The van der Waals surface area contributed by atoms with Crippen LogP contribution in [0.1, 0.15) is 30.0 Å². The standard InChI is InChI=1S/C20H26NO4S2.BrH/c1-12(11-14-18-17(25-18)13(2)21(14,3)4)24-19(22)20(23,15-7-5-9-26-15)16-8-6-10-27-16;/h5-10,12-14,17-18,23H,11H2,1-4H3;1H/q+1;/p-1/t12-,13-,14-,17-,18+;/m1./s1. The highest BCUT2D eigenvalue weighted by molar-refractivity contribution is 7.12. The van der Waals surface area contributed by atoms with E-state index in [0.717, 1.165) is 10.9 Å². The molecule has 5 atom stereocenters. The molecule has 4 rings (SSSR count). The topological polar surface area (TPSA) is 59.1 Å². The summed E-state index contributed by atoms with van der Waals surface area (Å²) in [5, 5.41) is 15.0. The molecule has 0 amide bonds. The summed E-state index contributed by atoms with van der Waals surface area (Å²) in [5.41, 5.74) is -1.75. The summed E-state index contributed by atoms with van der Waals surface area (Å²) in [7, 11) is 4.43. The number of likely N-dealkylation sites (tertiary alicyclic amines) is 1. The van der Waals surface area contributed by atoms with Gasteiger partial charge in [0.1, 0.15) is 30.4 Å². The van der Waals surface area contributed by atoms with Gasteiger partial charge in [-0.05, 0) is 36.7 Å². The Labute approximate surface area is 184 Å². The number of hydrogen-bond donors (Lipinski definition) is 1. The zero-order valence-corrected chi connectivity index (χ0v) is 19.6. The molecule has 0 saturated carbocycles. The van der Waals surface area contributed by atoms with Gasteiger partial charge in [0.2, 0.25) is 5.60 Å². The summed E-state index contributed by atoms with van der Waals surface area (Å²) >= 11 is 2.71. The second kappa shape index (κ2) is 7.81. The molecule has 5 nitrogen and oxygen atoms in total. The Balaban J connectivity index is 0.00000225. The van der Waals surface area contributed by atoms with Crippen LogP contribution in [0.5, 0.6) is 0 Å². The zero-order valence-electron chi connectivity index (χ0n) is 16.4. The van der Waals surface area contributed by atoms with Crippen molar-refractivity contribution in [1.29, 1.82) is 0 Å². The van der Waals surface area contributed by atoms with E-state index in [4.69, 9.17) is 9.47 Å². The summed E-state index contributed by atoms with van der Waals surface area (Å²) in [6.45, 7) is 4.12. The Kier molecular flexibility index (Phi) is 6.12. The highest BCUT2D eigenvalue weighted by Crippen LogP contribution is 2.46. The predicted octanol–water partition coefficient (Wildman–Crippen LogP) is -0.0142. The Morgan fingerprint density at radius 1 is 1.25 bits per heavy atom. The second-order valence-corrected chi connectivity index (χ2v) is 10.0. The molecule has 154 valence electrons. The van der Waals surface area contributed by atoms with Gasteiger partial charge in [0.05, 0.1) is 23.8 Å². The molecule has 2 aromatic heterocycles. The van der Waals surface area contributed by atoms with Crippen molar-refractivity contribution in [3.05, 3.63) is 44.8 Å². The zero-order chi connectivity index (χ0) is 19.4. The molecule has 0 spiro atoms. The van der Waals surface area contributed by atoms with E-state index in [1.54, 1.807) is 12.1 Å². The maximum atomic E-state index is 13.1. The number of thiophene rings is 2. The maximum absolute atomic E-state index is 13.1. The molecule has 0 bridgehead atoms. The van der Waals surface area contributed by atoms with Crippen LogP contribution in [0.4, 0.5) is 0 Å². The fourth-order valence-electron chi connectivity index (χ4n) is 4.25. The van der Waals surface area contributed by atoms with Gasteiger partial charge in [0.25, 0.3) is 0 Å². The van der Waals surface area contributed by atoms with Crippen LogP contribution in [0.25, 0.3) is 0 Å². The number of rotatable bonds is 6. The van der Waals surface area contributed by atoms with E-state index in [1.807, 2.05) is 29.8 Å². The summed E-state index contributed by atoms with van der Waals surface area (Å²) in [5.74, 6) is -0.607. The quantitative estimate of drug-likeness (QED) is 0.353. The van der Waals surface area contributed by atoms with E-state index in [-0.39, 0.29) is 29.2 Å². The van der Waals surface area contributed by atoms with Crippen LogP contribution in [-0.4, -0.2) is 60.0 Å². The third-order valence-electron chi connectivity index (χ3n) is 6.25. The number of nitrogens with zero attached hydrogens (tertiary/aromatic N) is 1. The largest absolute Gasteiger partial charge is 1.00 e. The number of hydrogen-bond acceptors (Lipinski definition) is 6. The first kappa shape index (κ1) is 21.9. The van der Waals surface area contributed by atoms with Crippen molar-refractivity contribution in [2.45, 2.75) is 56.3 Å². The van der Waals surface area contributed by atoms with Crippen molar-refractivity contribution >= 4 is 28.6 Å². The Morgan fingerprint density at radius 2 is 1.82 bits per heavy atom. The molecule has 2 fully saturated rings. The molecule has 2 saturated heterocycles. The molecule has 8 heteroatoms. The van der Waals surface area contributed by atoms with Gasteiger partial charge in [0.15, 0.2) is 0 Å². The molecule has 0 unspecified atom stereocenters. The molecule has 4 heterocycles. The van der Waals surface area contributed by atoms with Crippen molar-refractivity contribution in [3.63, 3.8) is 0 Å². The number of quaternary nitrogens is 1. The minimum atomic E-state index is -1.75. The normalized spacial score (nSPS) is 28.9. The van der Waals surface area contributed by atoms with Gasteiger partial charge in [-0.2, -0.15) is 0 Å². The van der Waals surface area contributed by atoms with Gasteiger partial charge < -0.3 is 36.0 Å². The minimum Gasteiger partial charge on any atom is -1.00 e. The summed E-state index contributed by atoms with van der Waals surface area (Å²) < 4.78 is 12.5. The van der Waals surface area contributed by atoms with Gasteiger partial charge in [-0.25, -0.2) is 4.79 Å². The molecule has 1 N–H and O–H groups in total. The highest BCUT2D eigenvalue weighted by atomic mass is 79.9. The van der Waals surface area contributed by atoms with E-state index in [1.165, 1.54) is 22.7 Å². The Morgan fingerprint density at radius 3 is 2.25 bits per heavy atom. The second-order valence-electron chi connectivity index (χ2n) is 8.12. The number of aliphatic hydroxyl groups is 1. The molecule has 0 aromatic carbocycles. The van der Waals surface area contributed by atoms with Crippen LogP contribution in [0.2, 0.25) is 0 Å². The first-order valence-corrected chi connectivity index (χ1v) is 11.0. The number of ether oxygens (including phenoxy) is 2. The van der Waals surface area contributed by atoms with Crippen LogP contribution in [0.3, 0.4) is 0 Å². The van der Waals surface area contributed by atoms with E-state index >= 15 is 0 Å². The van der Waals surface area contributed by atoms with Crippen LogP contribution in [0.15, 0.2) is 35.0 Å². The van der Waals surface area contributed by atoms with Crippen molar-refractivity contribution < 1.29 is 40.8 Å². The number of carbonyl (C=O) groups is 1. The van der Waals surface area contributed by atoms with Crippen LogP contribution in [-0.2, 0) is 19.9 Å². The smallest absolute Gasteiger partial charge is 0.349 e. The third-order valence-corrected chi connectivity index (χ3v) is 8.21. The molecule has 2 aromatic rings. The summed E-state index contributed by atoms with van der Waals surface area (Å²) in [6.07, 6.45) is 0.989. The van der Waals surface area contributed by atoms with Crippen molar-refractivity contribution in [3.8, 4) is 0 Å². The molecular weight excluding hydrogens is 462 g/mol. The number of likely N-dealkylation sites (N-methyl/N-ethyl adjacent to an activating group) is 1. The number of epoxide rings is 1. The fraction of sp³-hybridized carbons (Fsp3) is 0.550. The molecule has 0 radical (unpaired) electrons. The third kappa shape index (κ3) is 3.48. The number of morpholine rings is 1. The van der Waals surface area contributed by atoms with Gasteiger partial charge >= 0.3 is 5.97 Å². The molecule has 0 aliphatic carbocycles. The van der Waals surface area contributed by atoms with Gasteiger partial charge in [0, 0.05) is 6.42 Å². The minimum absolute atomic E-state index is 0. The monoisotopic (exact) mass is 487 g/mol. The molecular formula is C20H26BrNO4S2. The van der Waals surface area contributed by atoms with Crippen molar-refractivity contribution in [2.24, 2.45) is 0 Å². The van der Waals surface area contributed by atoms with Crippen molar-refractivity contribution in [1.82, 2.24) is 0 Å². The average Bonchev–Trinajstić information content (AvgIpc) is 3.01. The lowest BCUT2D eigenvalue weighted by molar-refractivity contribution is -0.930. The Hall–Kier alpha value is -0.770. The van der Waals surface area contributed by atoms with Crippen molar-refractivity contribution in [2.75, 3.05) is 14.1 Å². The van der Waals surface area contributed by atoms with Crippen LogP contribution in [0, 0.1) is 0 Å². The van der Waals surface area contributed by atoms with Crippen LogP contribution >= 0.6 is 22.7 Å². The number of carbonyl (C=O) groups excluding carboxylic acids is 1. The summed E-state index contributed by atoms with van der Waals surface area (Å²) in [4.78, 5) is 14.2. The van der Waals surface area contributed by atoms with E-state index in [2.05, 4.69) is 21.0 Å². The lowest BCUT2D eigenvalue weighted by Gasteiger charge is -2.39. The van der Waals surface area contributed by atoms with E-state index < -0.39 is 11.6 Å².